The molecule has 94 valence electrons. The Morgan fingerprint density at radius 2 is 1.65 bits per heavy atom. The highest BCUT2D eigenvalue weighted by Crippen LogP contribution is 1.97. The maximum Gasteiger partial charge on any atom is 0.234 e. The second-order valence-electron chi connectivity index (χ2n) is 3.76. The average Bonchev–Trinajstić information content (AvgIpc) is 2.32. The molecule has 0 saturated heterocycles. The Bertz CT molecular complexity index is 277. The van der Waals surface area contributed by atoms with E-state index >= 15 is 0 Å². The largest absolute Gasteiger partial charge is 0.355 e. The number of nitrogens with zero attached hydrogens (tertiary/aromatic N) is 2. The Labute approximate surface area is 103 Å². The predicted octanol–water partition coefficient (Wildman–Crippen LogP) is 1.08. The fourth-order valence-corrected chi connectivity index (χ4v) is 1.36. The number of amides is 1. The minimum Gasteiger partial charge on any atom is -0.355 e. The van der Waals surface area contributed by atoms with Crippen LogP contribution in [0.25, 0.3) is 0 Å². The summed E-state index contributed by atoms with van der Waals surface area (Å²) in [6, 6.07) is 3.89. The first-order valence-corrected chi connectivity index (χ1v) is 6.02. The van der Waals surface area contributed by atoms with Crippen molar-refractivity contribution in [2.75, 3.05) is 19.6 Å². The molecular weight excluding hydrogens is 216 g/mol. The number of nitrogens with one attached hydrogen (secondary N) is 2. The summed E-state index contributed by atoms with van der Waals surface area (Å²) in [6.45, 7) is 2.37. The van der Waals surface area contributed by atoms with E-state index in [2.05, 4.69) is 16.7 Å². The molecule has 0 aliphatic rings. The lowest BCUT2D eigenvalue weighted by Crippen LogP contribution is -2.23. The Balaban J connectivity index is 3.07. The average molecular weight is 236 g/mol. The molecule has 0 unspecified atom stereocenters. The first-order valence-electron chi connectivity index (χ1n) is 6.02. The highest BCUT2D eigenvalue weighted by Gasteiger charge is 1.97. The van der Waals surface area contributed by atoms with E-state index in [1.54, 1.807) is 0 Å². The smallest absolute Gasteiger partial charge is 0.234 e. The van der Waals surface area contributed by atoms with Gasteiger partial charge in [-0.05, 0) is 19.4 Å². The fraction of sp³-hybridized carbons (Fsp3) is 0.750. The van der Waals surface area contributed by atoms with Crippen LogP contribution in [-0.2, 0) is 4.79 Å². The van der Waals surface area contributed by atoms with Crippen molar-refractivity contribution < 1.29 is 4.79 Å². The van der Waals surface area contributed by atoms with Crippen molar-refractivity contribution in [2.45, 2.75) is 38.5 Å². The predicted molar refractivity (Wildman–Crippen MR) is 64.8 cm³/mol. The van der Waals surface area contributed by atoms with Crippen molar-refractivity contribution in [2.24, 2.45) is 0 Å². The maximum atomic E-state index is 10.9. The molecule has 0 aliphatic heterocycles. The molecule has 0 bridgehead atoms. The van der Waals surface area contributed by atoms with Crippen molar-refractivity contribution in [1.29, 1.82) is 10.5 Å². The van der Waals surface area contributed by atoms with E-state index in [9.17, 15) is 4.79 Å². The third-order valence-electron chi connectivity index (χ3n) is 2.26. The van der Waals surface area contributed by atoms with Crippen LogP contribution in [0.5, 0.6) is 0 Å². The summed E-state index contributed by atoms with van der Waals surface area (Å²) >= 11 is 0. The molecule has 5 nitrogen and oxygen atoms in total. The van der Waals surface area contributed by atoms with Gasteiger partial charge in [0, 0.05) is 19.5 Å². The summed E-state index contributed by atoms with van der Waals surface area (Å²) in [5.74, 6) is -0.189. The number of hydrogen-bond acceptors (Lipinski definition) is 4. The van der Waals surface area contributed by atoms with Crippen molar-refractivity contribution in [3.8, 4) is 12.1 Å². The molecule has 0 aromatic rings. The molecule has 5 heteroatoms. The van der Waals surface area contributed by atoms with E-state index in [0.29, 0.717) is 13.0 Å². The summed E-state index contributed by atoms with van der Waals surface area (Å²) in [5, 5.41) is 22.4. The second-order valence-corrected chi connectivity index (χ2v) is 3.76. The van der Waals surface area contributed by atoms with Crippen LogP contribution in [0.2, 0.25) is 0 Å². The van der Waals surface area contributed by atoms with Crippen LogP contribution in [0.3, 0.4) is 0 Å². The number of unbranched alkanes of at least 4 members (excludes halogenated alkanes) is 3. The molecule has 0 atom stereocenters. The third-order valence-corrected chi connectivity index (χ3v) is 2.26. The van der Waals surface area contributed by atoms with E-state index < -0.39 is 0 Å². The number of hydrogen-bond donors (Lipinski definition) is 2. The SMILES string of the molecule is N#CCCNCCCCCCNC(=O)CC#N. The standard InChI is InChI=1S/C12H20N4O/c13-7-5-10-15-9-3-1-2-4-11-16-12(17)6-8-14/h15H,1-6,9-11H2,(H,16,17). The van der Waals surface area contributed by atoms with Gasteiger partial charge >= 0.3 is 0 Å². The first kappa shape index (κ1) is 15.4. The van der Waals surface area contributed by atoms with Crippen LogP contribution < -0.4 is 10.6 Å². The van der Waals surface area contributed by atoms with Gasteiger partial charge in [-0.2, -0.15) is 10.5 Å². The minimum absolute atomic E-state index is 0.0528. The molecule has 0 spiro atoms. The van der Waals surface area contributed by atoms with Crippen LogP contribution in [0, 0.1) is 22.7 Å². The maximum absolute atomic E-state index is 10.9. The third kappa shape index (κ3) is 12.3. The lowest BCUT2D eigenvalue weighted by molar-refractivity contribution is -0.120. The number of carbonyl (C=O) groups is 1. The van der Waals surface area contributed by atoms with Crippen LogP contribution in [0.4, 0.5) is 0 Å². The van der Waals surface area contributed by atoms with Gasteiger partial charge in [0.2, 0.25) is 5.91 Å². The van der Waals surface area contributed by atoms with Crippen molar-refractivity contribution in [3.05, 3.63) is 0 Å². The molecule has 0 rings (SSSR count). The lowest BCUT2D eigenvalue weighted by atomic mass is 10.2. The van der Waals surface area contributed by atoms with Gasteiger partial charge < -0.3 is 10.6 Å². The van der Waals surface area contributed by atoms with Crippen LogP contribution in [0.1, 0.15) is 38.5 Å². The summed E-state index contributed by atoms with van der Waals surface area (Å²) in [7, 11) is 0. The fourth-order valence-electron chi connectivity index (χ4n) is 1.36. The normalized spacial score (nSPS) is 9.29. The molecule has 0 aliphatic carbocycles. The summed E-state index contributed by atoms with van der Waals surface area (Å²) in [6.07, 6.45) is 4.75. The molecule has 0 aromatic heterocycles. The van der Waals surface area contributed by atoms with Gasteiger partial charge in [-0.3, -0.25) is 4.79 Å². The highest BCUT2D eigenvalue weighted by atomic mass is 16.1. The Kier molecular flexibility index (Phi) is 11.3. The van der Waals surface area contributed by atoms with Crippen LogP contribution in [-0.4, -0.2) is 25.5 Å². The summed E-state index contributed by atoms with van der Waals surface area (Å²) in [5.41, 5.74) is 0. The molecule has 0 heterocycles. The zero-order valence-corrected chi connectivity index (χ0v) is 10.2. The number of rotatable bonds is 10. The highest BCUT2D eigenvalue weighted by molar-refractivity contribution is 5.77. The monoisotopic (exact) mass is 236 g/mol. The zero-order chi connectivity index (χ0) is 12.8. The van der Waals surface area contributed by atoms with E-state index in [4.69, 9.17) is 10.5 Å². The van der Waals surface area contributed by atoms with Crippen molar-refractivity contribution >= 4 is 5.91 Å². The van der Waals surface area contributed by atoms with E-state index in [-0.39, 0.29) is 12.3 Å². The molecule has 0 saturated carbocycles. The topological polar surface area (TPSA) is 88.7 Å². The van der Waals surface area contributed by atoms with Crippen molar-refractivity contribution in [1.82, 2.24) is 10.6 Å². The molecular formula is C12H20N4O. The second kappa shape index (κ2) is 12.5. The summed E-state index contributed by atoms with van der Waals surface area (Å²) in [4.78, 5) is 10.9. The van der Waals surface area contributed by atoms with E-state index in [1.807, 2.05) is 6.07 Å². The van der Waals surface area contributed by atoms with Crippen LogP contribution >= 0.6 is 0 Å². The van der Waals surface area contributed by atoms with Crippen LogP contribution in [0.15, 0.2) is 0 Å². The van der Waals surface area contributed by atoms with Gasteiger partial charge in [0.25, 0.3) is 0 Å². The van der Waals surface area contributed by atoms with E-state index in [1.165, 1.54) is 0 Å². The first-order chi connectivity index (χ1) is 8.31. The Morgan fingerprint density at radius 3 is 2.29 bits per heavy atom. The van der Waals surface area contributed by atoms with Gasteiger partial charge in [0.15, 0.2) is 0 Å². The quantitative estimate of drug-likeness (QED) is 0.555. The van der Waals surface area contributed by atoms with Gasteiger partial charge in [0.05, 0.1) is 12.1 Å². The molecule has 0 fully saturated rings. The Morgan fingerprint density at radius 1 is 0.941 bits per heavy atom. The molecule has 0 aromatic carbocycles. The lowest BCUT2D eigenvalue weighted by Gasteiger charge is -2.03. The van der Waals surface area contributed by atoms with Gasteiger partial charge in [0.1, 0.15) is 6.42 Å². The minimum atomic E-state index is -0.189. The Hall–Kier alpha value is -1.59. The van der Waals surface area contributed by atoms with Gasteiger partial charge in [-0.15, -0.1) is 0 Å². The van der Waals surface area contributed by atoms with Crippen molar-refractivity contribution in [3.63, 3.8) is 0 Å². The summed E-state index contributed by atoms with van der Waals surface area (Å²) < 4.78 is 0. The number of nitriles is 2. The number of carbonyl (C=O) groups excluding carboxylic acids is 1. The molecule has 17 heavy (non-hydrogen) atoms. The van der Waals surface area contributed by atoms with E-state index in [0.717, 1.165) is 38.8 Å². The molecule has 1 amide bonds. The van der Waals surface area contributed by atoms with Gasteiger partial charge in [-0.25, -0.2) is 0 Å². The zero-order valence-electron chi connectivity index (χ0n) is 10.2. The van der Waals surface area contributed by atoms with Gasteiger partial charge in [-0.1, -0.05) is 12.8 Å². The molecule has 2 N–H and O–H groups in total. The molecule has 0 radical (unpaired) electrons.